The zero-order valence-corrected chi connectivity index (χ0v) is 11.6. The van der Waals surface area contributed by atoms with Crippen LogP contribution >= 0.6 is 0 Å². The van der Waals surface area contributed by atoms with Gasteiger partial charge in [0.25, 0.3) is 5.91 Å². The van der Waals surface area contributed by atoms with E-state index in [0.717, 1.165) is 6.42 Å². The molecule has 0 bridgehead atoms. The molecule has 0 aliphatic carbocycles. The second-order valence-electron chi connectivity index (χ2n) is 5.43. The van der Waals surface area contributed by atoms with Crippen molar-refractivity contribution in [1.29, 1.82) is 0 Å². The summed E-state index contributed by atoms with van der Waals surface area (Å²) < 4.78 is 14.1. The number of halogens is 1. The molecule has 1 saturated heterocycles. The van der Waals surface area contributed by atoms with Crippen molar-refractivity contribution in [2.24, 2.45) is 11.8 Å². The lowest BCUT2D eigenvalue weighted by Crippen LogP contribution is -2.42. The lowest BCUT2D eigenvalue weighted by atomic mass is 9.91. The van der Waals surface area contributed by atoms with Crippen LogP contribution in [0.1, 0.15) is 30.6 Å². The van der Waals surface area contributed by atoms with Gasteiger partial charge in [-0.15, -0.1) is 0 Å². The number of amides is 1. The van der Waals surface area contributed by atoms with E-state index in [4.69, 9.17) is 0 Å². The number of piperidine rings is 1. The summed E-state index contributed by atoms with van der Waals surface area (Å²) in [6, 6.07) is 1.45. The summed E-state index contributed by atoms with van der Waals surface area (Å²) in [6.45, 7) is 5.63. The fourth-order valence-electron chi connectivity index (χ4n) is 2.78. The highest BCUT2D eigenvalue weighted by Gasteiger charge is 2.28. The molecular formula is C14H20FN3O. The Morgan fingerprint density at radius 1 is 1.42 bits per heavy atom. The zero-order chi connectivity index (χ0) is 14.0. The van der Waals surface area contributed by atoms with Crippen LogP contribution < -0.4 is 5.32 Å². The predicted octanol–water partition coefficient (Wildman–Crippen LogP) is 2.38. The van der Waals surface area contributed by atoms with Gasteiger partial charge in [0.15, 0.2) is 11.6 Å². The molecule has 4 nitrogen and oxygen atoms in total. The second-order valence-corrected chi connectivity index (χ2v) is 5.43. The Balaban J connectivity index is 2.24. The van der Waals surface area contributed by atoms with E-state index in [9.17, 15) is 9.18 Å². The summed E-state index contributed by atoms with van der Waals surface area (Å²) in [6.07, 6.45) is 2.57. The topological polar surface area (TPSA) is 45.2 Å². The summed E-state index contributed by atoms with van der Waals surface area (Å²) in [5, 5.41) is 2.65. The Morgan fingerprint density at radius 2 is 2.05 bits per heavy atom. The highest BCUT2D eigenvalue weighted by molar-refractivity contribution is 5.95. The molecule has 1 amide bonds. The Hall–Kier alpha value is -1.65. The molecule has 0 radical (unpaired) electrons. The number of nitrogens with zero attached hydrogens (tertiary/aromatic N) is 2. The van der Waals surface area contributed by atoms with Gasteiger partial charge < -0.3 is 10.2 Å². The zero-order valence-electron chi connectivity index (χ0n) is 11.6. The third kappa shape index (κ3) is 2.85. The van der Waals surface area contributed by atoms with E-state index in [-0.39, 0.29) is 17.3 Å². The van der Waals surface area contributed by atoms with E-state index >= 15 is 0 Å². The minimum absolute atomic E-state index is 0.0978. The van der Waals surface area contributed by atoms with Crippen molar-refractivity contribution in [2.75, 3.05) is 25.5 Å². The summed E-state index contributed by atoms with van der Waals surface area (Å²) in [5.74, 6) is 0.224. The van der Waals surface area contributed by atoms with Crippen molar-refractivity contribution in [2.45, 2.75) is 20.3 Å². The fourth-order valence-corrected chi connectivity index (χ4v) is 2.78. The van der Waals surface area contributed by atoms with Gasteiger partial charge in [-0.05, 0) is 24.3 Å². The number of nitrogens with one attached hydrogen (secondary N) is 1. The maximum absolute atomic E-state index is 14.1. The largest absolute Gasteiger partial charge is 0.371 e. The molecule has 2 heterocycles. The first-order chi connectivity index (χ1) is 9.02. The van der Waals surface area contributed by atoms with Gasteiger partial charge in [0, 0.05) is 26.3 Å². The first-order valence-electron chi connectivity index (χ1n) is 6.64. The van der Waals surface area contributed by atoms with Crippen molar-refractivity contribution >= 4 is 11.7 Å². The quantitative estimate of drug-likeness (QED) is 0.893. The van der Waals surface area contributed by atoms with Crippen LogP contribution in [-0.2, 0) is 0 Å². The van der Waals surface area contributed by atoms with E-state index in [1.165, 1.54) is 12.3 Å². The van der Waals surface area contributed by atoms with Crippen molar-refractivity contribution < 1.29 is 9.18 Å². The second kappa shape index (κ2) is 5.55. The number of anilines is 1. The normalized spacial score (nSPS) is 23.3. The number of hydrogen-bond donors (Lipinski definition) is 1. The number of likely N-dealkylation sites (tertiary alicyclic amines) is 1. The fraction of sp³-hybridized carbons (Fsp3) is 0.571. The Kier molecular flexibility index (Phi) is 4.02. The van der Waals surface area contributed by atoms with Crippen LogP contribution in [0, 0.1) is 17.7 Å². The molecular weight excluding hydrogens is 245 g/mol. The Morgan fingerprint density at radius 3 is 2.63 bits per heavy atom. The monoisotopic (exact) mass is 265 g/mol. The number of pyridine rings is 1. The van der Waals surface area contributed by atoms with Crippen molar-refractivity contribution in [1.82, 2.24) is 9.88 Å². The third-order valence-corrected chi connectivity index (χ3v) is 3.51. The van der Waals surface area contributed by atoms with Gasteiger partial charge in [-0.25, -0.2) is 9.37 Å². The molecule has 1 aromatic rings. The molecule has 1 aliphatic rings. The number of aromatic nitrogens is 1. The number of carbonyl (C=O) groups excluding carboxylic acids is 1. The molecule has 2 unspecified atom stereocenters. The number of hydrogen-bond acceptors (Lipinski definition) is 3. The lowest BCUT2D eigenvalue weighted by Gasteiger charge is -2.35. The summed E-state index contributed by atoms with van der Waals surface area (Å²) in [5.41, 5.74) is 0.0978. The van der Waals surface area contributed by atoms with Crippen molar-refractivity contribution in [3.8, 4) is 0 Å². The molecule has 0 saturated carbocycles. The van der Waals surface area contributed by atoms with Crippen LogP contribution in [0.15, 0.2) is 12.3 Å². The molecule has 104 valence electrons. The molecule has 2 rings (SSSR count). The van der Waals surface area contributed by atoms with E-state index < -0.39 is 5.82 Å². The van der Waals surface area contributed by atoms with Gasteiger partial charge >= 0.3 is 0 Å². The van der Waals surface area contributed by atoms with Crippen LogP contribution in [0.25, 0.3) is 0 Å². The van der Waals surface area contributed by atoms with Crippen molar-refractivity contribution in [3.05, 3.63) is 23.6 Å². The van der Waals surface area contributed by atoms with Crippen LogP contribution in [0.2, 0.25) is 0 Å². The highest BCUT2D eigenvalue weighted by Crippen LogP contribution is 2.24. The van der Waals surface area contributed by atoms with Crippen molar-refractivity contribution in [3.63, 3.8) is 0 Å². The van der Waals surface area contributed by atoms with Crippen LogP contribution in [0.3, 0.4) is 0 Å². The minimum Gasteiger partial charge on any atom is -0.371 e. The maximum atomic E-state index is 14.1. The molecule has 1 aliphatic heterocycles. The van der Waals surface area contributed by atoms with Gasteiger partial charge in [0.2, 0.25) is 0 Å². The molecule has 0 aromatic carbocycles. The molecule has 19 heavy (non-hydrogen) atoms. The van der Waals surface area contributed by atoms with Crippen LogP contribution in [0.4, 0.5) is 10.2 Å². The number of carbonyl (C=O) groups is 1. The SMILES string of the molecule is CNc1nccc(C(=O)N2CC(C)CC(C)C2)c1F. The van der Waals surface area contributed by atoms with E-state index in [1.807, 2.05) is 0 Å². The summed E-state index contributed by atoms with van der Waals surface area (Å²) in [7, 11) is 1.59. The third-order valence-electron chi connectivity index (χ3n) is 3.51. The van der Waals surface area contributed by atoms with Crippen LogP contribution in [-0.4, -0.2) is 35.9 Å². The smallest absolute Gasteiger partial charge is 0.257 e. The minimum atomic E-state index is -0.569. The first-order valence-corrected chi connectivity index (χ1v) is 6.64. The van der Waals surface area contributed by atoms with E-state index in [2.05, 4.69) is 24.1 Å². The average molecular weight is 265 g/mol. The molecule has 2 atom stereocenters. The van der Waals surface area contributed by atoms with Gasteiger partial charge in [0.05, 0.1) is 5.56 Å². The molecule has 0 spiro atoms. The van der Waals surface area contributed by atoms with Crippen LogP contribution in [0.5, 0.6) is 0 Å². The highest BCUT2D eigenvalue weighted by atomic mass is 19.1. The van der Waals surface area contributed by atoms with Gasteiger partial charge in [0.1, 0.15) is 0 Å². The molecule has 1 aromatic heterocycles. The summed E-state index contributed by atoms with van der Waals surface area (Å²) >= 11 is 0. The van der Waals surface area contributed by atoms with E-state index in [1.54, 1.807) is 11.9 Å². The van der Waals surface area contributed by atoms with E-state index in [0.29, 0.717) is 24.9 Å². The van der Waals surface area contributed by atoms with Gasteiger partial charge in [-0.2, -0.15) is 0 Å². The lowest BCUT2D eigenvalue weighted by molar-refractivity contribution is 0.0618. The number of rotatable bonds is 2. The molecule has 1 fully saturated rings. The first kappa shape index (κ1) is 13.8. The average Bonchev–Trinajstić information content (AvgIpc) is 2.37. The predicted molar refractivity (Wildman–Crippen MR) is 72.6 cm³/mol. The van der Waals surface area contributed by atoms with Gasteiger partial charge in [-0.1, -0.05) is 13.8 Å². The summed E-state index contributed by atoms with van der Waals surface area (Å²) in [4.78, 5) is 18.0. The molecule has 1 N–H and O–H groups in total. The standard InChI is InChI=1S/C14H20FN3O/c1-9-6-10(2)8-18(7-9)14(19)11-4-5-17-13(16-3)12(11)15/h4-5,9-10H,6-8H2,1-3H3,(H,16,17). The Bertz CT molecular complexity index is 468. The Labute approximate surface area is 113 Å². The maximum Gasteiger partial charge on any atom is 0.257 e. The van der Waals surface area contributed by atoms with Gasteiger partial charge in [-0.3, -0.25) is 4.79 Å². The molecule has 5 heteroatoms.